The smallest absolute Gasteiger partial charge is 0.328 e. The van der Waals surface area contributed by atoms with Gasteiger partial charge in [-0.2, -0.15) is 13.2 Å². The lowest BCUT2D eigenvalue weighted by Crippen LogP contribution is -2.25. The second kappa shape index (κ2) is 4.53. The summed E-state index contributed by atoms with van der Waals surface area (Å²) in [6.07, 6.45) is -2.90. The molecule has 0 radical (unpaired) electrons. The van der Waals surface area contributed by atoms with E-state index in [-0.39, 0.29) is 18.9 Å². The third-order valence-corrected chi connectivity index (χ3v) is 3.39. The van der Waals surface area contributed by atoms with Crippen LogP contribution < -0.4 is 5.73 Å². The van der Waals surface area contributed by atoms with Crippen LogP contribution in [0.2, 0.25) is 0 Å². The zero-order valence-corrected chi connectivity index (χ0v) is 9.80. The molecule has 0 spiro atoms. The number of rotatable bonds is 2. The van der Waals surface area contributed by atoms with Crippen LogP contribution in [0.3, 0.4) is 0 Å². The first-order valence-electron chi connectivity index (χ1n) is 5.89. The van der Waals surface area contributed by atoms with Crippen LogP contribution >= 0.6 is 0 Å². The van der Waals surface area contributed by atoms with Gasteiger partial charge in [0.15, 0.2) is 0 Å². The Balaban J connectivity index is 2.07. The Morgan fingerprint density at radius 1 is 1.22 bits per heavy atom. The van der Waals surface area contributed by atoms with Gasteiger partial charge in [0.1, 0.15) is 5.67 Å². The Morgan fingerprint density at radius 3 is 2.28 bits per heavy atom. The molecule has 0 bridgehead atoms. The molecule has 2 atom stereocenters. The molecule has 1 aromatic carbocycles. The average molecular weight is 261 g/mol. The van der Waals surface area contributed by atoms with Gasteiger partial charge in [0.2, 0.25) is 0 Å². The van der Waals surface area contributed by atoms with E-state index in [2.05, 4.69) is 0 Å². The monoisotopic (exact) mass is 261 g/mol. The molecule has 1 aliphatic carbocycles. The molecule has 1 aliphatic rings. The van der Waals surface area contributed by atoms with Gasteiger partial charge in [-0.3, -0.25) is 0 Å². The van der Waals surface area contributed by atoms with Crippen LogP contribution in [-0.2, 0) is 12.6 Å². The van der Waals surface area contributed by atoms with Gasteiger partial charge in [0.05, 0.1) is 5.56 Å². The predicted molar refractivity (Wildman–Crippen MR) is 60.8 cm³/mol. The van der Waals surface area contributed by atoms with E-state index < -0.39 is 17.4 Å². The second-order valence-corrected chi connectivity index (χ2v) is 5.03. The second-order valence-electron chi connectivity index (χ2n) is 5.03. The van der Waals surface area contributed by atoms with E-state index in [0.29, 0.717) is 18.4 Å². The van der Waals surface area contributed by atoms with Crippen molar-refractivity contribution < 1.29 is 17.6 Å². The topological polar surface area (TPSA) is 26.0 Å². The summed E-state index contributed by atoms with van der Waals surface area (Å²) in [7, 11) is 0. The third-order valence-electron chi connectivity index (χ3n) is 3.39. The minimum atomic E-state index is -4.35. The van der Waals surface area contributed by atoms with Crippen LogP contribution in [0, 0.1) is 0 Å². The lowest BCUT2D eigenvalue weighted by atomic mass is 9.94. The van der Waals surface area contributed by atoms with Gasteiger partial charge in [-0.15, -0.1) is 0 Å². The van der Waals surface area contributed by atoms with Crippen molar-refractivity contribution in [2.45, 2.75) is 43.6 Å². The zero-order valence-electron chi connectivity index (χ0n) is 9.80. The Hall–Kier alpha value is -1.10. The maximum atomic E-state index is 14.3. The zero-order chi connectivity index (χ0) is 13.4. The van der Waals surface area contributed by atoms with Crippen molar-refractivity contribution in [3.63, 3.8) is 0 Å². The Bertz CT molecular complexity index is 412. The van der Waals surface area contributed by atoms with Gasteiger partial charge < -0.3 is 5.73 Å². The maximum absolute atomic E-state index is 14.3. The number of hydrogen-bond acceptors (Lipinski definition) is 1. The third kappa shape index (κ3) is 3.02. The minimum Gasteiger partial charge on any atom is -0.328 e. The van der Waals surface area contributed by atoms with Crippen LogP contribution in [0.4, 0.5) is 17.6 Å². The molecule has 1 saturated carbocycles. The van der Waals surface area contributed by atoms with Crippen LogP contribution in [0.15, 0.2) is 24.3 Å². The van der Waals surface area contributed by atoms with Crippen molar-refractivity contribution in [2.24, 2.45) is 5.73 Å². The van der Waals surface area contributed by atoms with E-state index in [1.807, 2.05) is 0 Å². The molecule has 2 rings (SSSR count). The highest BCUT2D eigenvalue weighted by molar-refractivity contribution is 5.26. The van der Waals surface area contributed by atoms with Gasteiger partial charge in [-0.05, 0) is 37.0 Å². The maximum Gasteiger partial charge on any atom is 0.416 e. The van der Waals surface area contributed by atoms with Crippen molar-refractivity contribution >= 4 is 0 Å². The van der Waals surface area contributed by atoms with Crippen LogP contribution in [0.25, 0.3) is 0 Å². The fraction of sp³-hybridized carbons (Fsp3) is 0.538. The first kappa shape index (κ1) is 13.3. The number of hydrogen-bond donors (Lipinski definition) is 1. The Morgan fingerprint density at radius 2 is 1.83 bits per heavy atom. The summed E-state index contributed by atoms with van der Waals surface area (Å²) < 4.78 is 51.4. The number of benzene rings is 1. The van der Waals surface area contributed by atoms with Crippen molar-refractivity contribution in [2.75, 3.05) is 0 Å². The van der Waals surface area contributed by atoms with Crippen molar-refractivity contribution in [1.29, 1.82) is 0 Å². The highest BCUT2D eigenvalue weighted by Crippen LogP contribution is 2.36. The molecule has 2 N–H and O–H groups in total. The first-order valence-corrected chi connectivity index (χ1v) is 5.89. The van der Waals surface area contributed by atoms with Gasteiger partial charge in [-0.1, -0.05) is 12.1 Å². The lowest BCUT2D eigenvalue weighted by Gasteiger charge is -2.19. The van der Waals surface area contributed by atoms with Crippen molar-refractivity contribution in [3.8, 4) is 0 Å². The number of nitrogens with two attached hydrogens (primary N) is 1. The summed E-state index contributed by atoms with van der Waals surface area (Å²) in [4.78, 5) is 0. The normalized spacial score (nSPS) is 28.6. The van der Waals surface area contributed by atoms with Crippen LogP contribution in [0.1, 0.15) is 30.4 Å². The Kier molecular flexibility index (Phi) is 3.36. The molecular formula is C13H15F4N. The van der Waals surface area contributed by atoms with E-state index in [1.165, 1.54) is 12.1 Å². The minimum absolute atomic E-state index is 0.135. The summed E-state index contributed by atoms with van der Waals surface area (Å²) in [6, 6.07) is 4.54. The van der Waals surface area contributed by atoms with E-state index in [1.54, 1.807) is 0 Å². The molecule has 0 heterocycles. The summed E-state index contributed by atoms with van der Waals surface area (Å²) in [5.74, 6) is 0. The van der Waals surface area contributed by atoms with Crippen molar-refractivity contribution in [3.05, 3.63) is 35.4 Å². The first-order chi connectivity index (χ1) is 8.28. The summed E-state index contributed by atoms with van der Waals surface area (Å²) >= 11 is 0. The summed E-state index contributed by atoms with van der Waals surface area (Å²) in [5.41, 5.74) is 4.17. The van der Waals surface area contributed by atoms with E-state index >= 15 is 0 Å². The number of alkyl halides is 4. The summed E-state index contributed by atoms with van der Waals surface area (Å²) in [5, 5.41) is 0. The fourth-order valence-corrected chi connectivity index (χ4v) is 2.46. The SMILES string of the molecule is NC1CCC(F)(Cc2ccc(C(F)(F)F)cc2)C1. The number of halogens is 4. The molecule has 5 heteroatoms. The molecule has 1 aromatic rings. The highest BCUT2D eigenvalue weighted by Gasteiger charge is 2.38. The standard InChI is InChI=1S/C13H15F4N/c14-12(6-5-11(18)8-12)7-9-1-3-10(4-2-9)13(15,16)17/h1-4,11H,5-8,18H2. The molecule has 1 fully saturated rings. The molecule has 18 heavy (non-hydrogen) atoms. The highest BCUT2D eigenvalue weighted by atomic mass is 19.4. The molecule has 2 unspecified atom stereocenters. The van der Waals surface area contributed by atoms with E-state index in [4.69, 9.17) is 5.73 Å². The van der Waals surface area contributed by atoms with E-state index in [0.717, 1.165) is 12.1 Å². The van der Waals surface area contributed by atoms with E-state index in [9.17, 15) is 17.6 Å². The quantitative estimate of drug-likeness (QED) is 0.810. The molecule has 0 saturated heterocycles. The molecule has 0 aliphatic heterocycles. The average Bonchev–Trinajstić information content (AvgIpc) is 2.58. The summed E-state index contributed by atoms with van der Waals surface area (Å²) in [6.45, 7) is 0. The fourth-order valence-electron chi connectivity index (χ4n) is 2.46. The van der Waals surface area contributed by atoms with Gasteiger partial charge in [0.25, 0.3) is 0 Å². The van der Waals surface area contributed by atoms with Gasteiger partial charge in [-0.25, -0.2) is 4.39 Å². The van der Waals surface area contributed by atoms with Crippen LogP contribution in [0.5, 0.6) is 0 Å². The molecule has 100 valence electrons. The van der Waals surface area contributed by atoms with Crippen molar-refractivity contribution in [1.82, 2.24) is 0 Å². The largest absolute Gasteiger partial charge is 0.416 e. The van der Waals surface area contributed by atoms with Crippen LogP contribution in [-0.4, -0.2) is 11.7 Å². The predicted octanol–water partition coefficient (Wildman–Crippen LogP) is 3.47. The van der Waals surface area contributed by atoms with Gasteiger partial charge in [0, 0.05) is 12.5 Å². The molecule has 0 aromatic heterocycles. The molecule has 1 nitrogen and oxygen atoms in total. The lowest BCUT2D eigenvalue weighted by molar-refractivity contribution is -0.137. The van der Waals surface area contributed by atoms with Gasteiger partial charge >= 0.3 is 6.18 Å². The Labute approximate surface area is 103 Å². The molecule has 0 amide bonds. The molecular weight excluding hydrogens is 246 g/mol.